The zero-order valence-corrected chi connectivity index (χ0v) is 7.55. The van der Waals surface area contributed by atoms with Crippen molar-refractivity contribution in [1.82, 2.24) is 0 Å². The van der Waals surface area contributed by atoms with Gasteiger partial charge in [0, 0.05) is 0 Å². The zero-order valence-electron chi connectivity index (χ0n) is 5.76. The highest BCUT2D eigenvalue weighted by molar-refractivity contribution is 7.64. The lowest BCUT2D eigenvalue weighted by Gasteiger charge is -1.88. The number of hydrogen-bond donors (Lipinski definition) is 3. The first-order chi connectivity index (χ1) is 4.42. The van der Waals surface area contributed by atoms with Gasteiger partial charge in [-0.2, -0.15) is 4.89 Å². The number of hydrogen-bond acceptors (Lipinski definition) is 2. The fourth-order valence-corrected chi connectivity index (χ4v) is 1.42. The second-order valence-electron chi connectivity index (χ2n) is 1.16. The molecule has 0 rings (SSSR count). The van der Waals surface area contributed by atoms with E-state index in [4.69, 9.17) is 14.7 Å². The van der Waals surface area contributed by atoms with Gasteiger partial charge in [0.1, 0.15) is 0 Å². The Morgan fingerprint density at radius 1 is 1.40 bits per heavy atom. The molecular formula is C3H11O5P2+. The fraction of sp³-hybridized carbons (Fsp3) is 1.00. The van der Waals surface area contributed by atoms with Crippen molar-refractivity contribution < 1.29 is 23.8 Å². The van der Waals surface area contributed by atoms with Crippen LogP contribution in [0.15, 0.2) is 0 Å². The summed E-state index contributed by atoms with van der Waals surface area (Å²) in [5, 5.41) is 0. The Bertz CT molecular complexity index is 138. The van der Waals surface area contributed by atoms with Gasteiger partial charge >= 0.3 is 15.6 Å². The molecule has 0 heterocycles. The molecule has 10 heavy (non-hydrogen) atoms. The Morgan fingerprint density at radius 3 is 1.70 bits per heavy atom. The first-order valence-corrected chi connectivity index (χ1v) is 5.79. The minimum absolute atomic E-state index is 0.942. The third kappa shape index (κ3) is 15.7. The summed E-state index contributed by atoms with van der Waals surface area (Å²) in [4.78, 5) is 23.8. The van der Waals surface area contributed by atoms with Gasteiger partial charge < -0.3 is 9.79 Å². The highest BCUT2D eigenvalue weighted by atomic mass is 31.2. The van der Waals surface area contributed by atoms with E-state index in [9.17, 15) is 9.13 Å². The average molecular weight is 189 g/mol. The van der Waals surface area contributed by atoms with Crippen molar-refractivity contribution in [2.45, 2.75) is 13.8 Å². The highest BCUT2D eigenvalue weighted by Gasteiger charge is 2.27. The standard InChI is InChI=1S/C2H6.CH4O5P2/c1-2;2-7(3)1-8(4,5)6/h1-2H3;1H2,(H2-,2,3,4,5,6)/p+1. The molecule has 0 aliphatic heterocycles. The molecule has 0 spiro atoms. The SMILES string of the molecule is CC.O=[P+](O)CP(=O)(O)O. The Morgan fingerprint density at radius 2 is 1.70 bits per heavy atom. The van der Waals surface area contributed by atoms with Crippen molar-refractivity contribution in [2.75, 3.05) is 5.90 Å². The van der Waals surface area contributed by atoms with Gasteiger partial charge in [0.25, 0.3) is 5.90 Å². The topological polar surface area (TPSA) is 94.8 Å². The lowest BCUT2D eigenvalue weighted by molar-refractivity contribution is 0.377. The molecule has 0 aromatic carbocycles. The molecule has 0 aliphatic carbocycles. The third-order valence-electron chi connectivity index (χ3n) is 0.305. The smallest absolute Gasteiger partial charge is 0.321 e. The molecule has 62 valence electrons. The highest BCUT2D eigenvalue weighted by Crippen LogP contribution is 2.42. The molecule has 0 saturated carbocycles. The third-order valence-corrected chi connectivity index (χ3v) is 2.75. The molecule has 0 aliphatic rings. The lowest BCUT2D eigenvalue weighted by Crippen LogP contribution is -1.78. The summed E-state index contributed by atoms with van der Waals surface area (Å²) < 4.78 is 19.5. The van der Waals surface area contributed by atoms with E-state index in [1.165, 1.54) is 0 Å². The van der Waals surface area contributed by atoms with Gasteiger partial charge in [-0.05, 0) is 4.57 Å². The van der Waals surface area contributed by atoms with Gasteiger partial charge in [-0.3, -0.25) is 4.57 Å². The molecule has 0 saturated heterocycles. The quantitative estimate of drug-likeness (QED) is 0.560. The van der Waals surface area contributed by atoms with E-state index in [-0.39, 0.29) is 0 Å². The van der Waals surface area contributed by atoms with E-state index < -0.39 is 21.5 Å². The second kappa shape index (κ2) is 5.96. The van der Waals surface area contributed by atoms with Gasteiger partial charge in [-0.25, -0.2) is 0 Å². The summed E-state index contributed by atoms with van der Waals surface area (Å²) in [6.07, 6.45) is 0. The van der Waals surface area contributed by atoms with E-state index in [0.717, 1.165) is 0 Å². The van der Waals surface area contributed by atoms with Crippen molar-refractivity contribution in [3.8, 4) is 0 Å². The Labute approximate surface area is 60.1 Å². The maximum atomic E-state index is 9.79. The molecule has 0 aromatic rings. The maximum absolute atomic E-state index is 9.79. The predicted octanol–water partition coefficient (Wildman–Crippen LogP) is 0.882. The lowest BCUT2D eigenvalue weighted by atomic mass is 11.0. The molecule has 0 aromatic heterocycles. The predicted molar refractivity (Wildman–Crippen MR) is 38.1 cm³/mol. The van der Waals surface area contributed by atoms with Crippen LogP contribution in [0.4, 0.5) is 0 Å². The summed E-state index contributed by atoms with van der Waals surface area (Å²) in [6, 6.07) is 0. The summed E-state index contributed by atoms with van der Waals surface area (Å²) in [5.41, 5.74) is 0. The van der Waals surface area contributed by atoms with Crippen LogP contribution in [0.1, 0.15) is 13.8 Å². The molecular weight excluding hydrogens is 178 g/mol. The Kier molecular flexibility index (Phi) is 7.65. The Balaban J connectivity index is 0. The van der Waals surface area contributed by atoms with Gasteiger partial charge in [0.2, 0.25) is 0 Å². The van der Waals surface area contributed by atoms with Crippen LogP contribution in [0, 0.1) is 0 Å². The van der Waals surface area contributed by atoms with Crippen molar-refractivity contribution in [3.05, 3.63) is 0 Å². The van der Waals surface area contributed by atoms with Crippen LogP contribution in [0.2, 0.25) is 0 Å². The van der Waals surface area contributed by atoms with Crippen molar-refractivity contribution >= 4 is 15.6 Å². The summed E-state index contributed by atoms with van der Waals surface area (Å²) in [7, 11) is -6.96. The van der Waals surface area contributed by atoms with Crippen LogP contribution in [0.3, 0.4) is 0 Å². The molecule has 0 radical (unpaired) electrons. The largest absolute Gasteiger partial charge is 0.518 e. The minimum Gasteiger partial charge on any atom is -0.321 e. The monoisotopic (exact) mass is 189 g/mol. The van der Waals surface area contributed by atoms with E-state index in [2.05, 4.69) is 0 Å². The molecule has 7 heteroatoms. The molecule has 3 N–H and O–H groups in total. The van der Waals surface area contributed by atoms with Crippen LogP contribution >= 0.6 is 15.6 Å². The molecule has 0 fully saturated rings. The van der Waals surface area contributed by atoms with Gasteiger partial charge in [0.15, 0.2) is 0 Å². The molecule has 1 unspecified atom stereocenters. The van der Waals surface area contributed by atoms with Crippen LogP contribution in [-0.2, 0) is 9.13 Å². The average Bonchev–Trinajstić information content (AvgIpc) is 1.64. The first kappa shape index (κ1) is 12.8. The van der Waals surface area contributed by atoms with Crippen molar-refractivity contribution in [3.63, 3.8) is 0 Å². The van der Waals surface area contributed by atoms with Crippen molar-refractivity contribution in [2.24, 2.45) is 0 Å². The fourth-order valence-electron chi connectivity index (χ4n) is 0.158. The van der Waals surface area contributed by atoms with Crippen LogP contribution < -0.4 is 0 Å². The number of rotatable bonds is 2. The summed E-state index contributed by atoms with van der Waals surface area (Å²) in [6.45, 7) is 4.00. The zero-order chi connectivity index (χ0) is 8.78. The van der Waals surface area contributed by atoms with Crippen molar-refractivity contribution in [1.29, 1.82) is 0 Å². The van der Waals surface area contributed by atoms with Crippen LogP contribution in [0.25, 0.3) is 0 Å². The van der Waals surface area contributed by atoms with E-state index in [1.54, 1.807) is 0 Å². The molecule has 5 nitrogen and oxygen atoms in total. The van der Waals surface area contributed by atoms with Crippen LogP contribution in [0.5, 0.6) is 0 Å². The maximum Gasteiger partial charge on any atom is 0.518 e. The molecule has 0 bridgehead atoms. The molecule has 1 atom stereocenters. The van der Waals surface area contributed by atoms with Crippen LogP contribution in [-0.4, -0.2) is 20.6 Å². The first-order valence-electron chi connectivity index (χ1n) is 2.60. The molecule has 0 amide bonds. The summed E-state index contributed by atoms with van der Waals surface area (Å²) in [5.74, 6) is -0.942. The van der Waals surface area contributed by atoms with E-state index in [0.29, 0.717) is 0 Å². The summed E-state index contributed by atoms with van der Waals surface area (Å²) >= 11 is 0. The Hall–Kier alpha value is 0.210. The van der Waals surface area contributed by atoms with Gasteiger partial charge in [-0.1, -0.05) is 13.8 Å². The minimum atomic E-state index is -4.26. The van der Waals surface area contributed by atoms with Gasteiger partial charge in [0.05, 0.1) is 0 Å². The van der Waals surface area contributed by atoms with E-state index >= 15 is 0 Å². The normalized spacial score (nSPS) is 11.5. The second-order valence-corrected chi connectivity index (χ2v) is 4.32. The van der Waals surface area contributed by atoms with Gasteiger partial charge in [-0.15, -0.1) is 0 Å². The van der Waals surface area contributed by atoms with E-state index in [1.807, 2.05) is 13.8 Å².